The highest BCUT2D eigenvalue weighted by atomic mass is 32.2. The van der Waals surface area contributed by atoms with Gasteiger partial charge >= 0.3 is 0 Å². The van der Waals surface area contributed by atoms with Crippen LogP contribution < -0.4 is 10.1 Å². The molecule has 0 unspecified atom stereocenters. The molecular formula is C24H27N3O4S2. The van der Waals surface area contributed by atoms with Crippen LogP contribution in [0.2, 0.25) is 0 Å². The number of carbonyl (C=O) groups excluding carboxylic acids is 1. The van der Waals surface area contributed by atoms with Crippen molar-refractivity contribution in [3.8, 4) is 17.0 Å². The summed E-state index contributed by atoms with van der Waals surface area (Å²) in [5.41, 5.74) is 2.80. The molecule has 1 aromatic heterocycles. The minimum atomic E-state index is -3.54. The standard InChI is InChI=1S/C24H27N3O4S2/c1-16-4-10-21(11-5-16)33(29,30)27-14-12-19(13-15-27)23(28)26-24-25-22(17(2)32-24)18-6-8-20(31-3)9-7-18/h4-11,19H,12-15H2,1-3H3,(H,25,26,28). The number of rotatable bonds is 6. The van der Waals surface area contributed by atoms with Crippen molar-refractivity contribution >= 4 is 32.4 Å². The summed E-state index contributed by atoms with van der Waals surface area (Å²) in [6.45, 7) is 4.54. The summed E-state index contributed by atoms with van der Waals surface area (Å²) in [4.78, 5) is 18.8. The van der Waals surface area contributed by atoms with Crippen LogP contribution >= 0.6 is 11.3 Å². The van der Waals surface area contributed by atoms with Crippen molar-refractivity contribution in [2.24, 2.45) is 5.92 Å². The number of nitrogens with one attached hydrogen (secondary N) is 1. The number of piperidine rings is 1. The van der Waals surface area contributed by atoms with E-state index in [0.29, 0.717) is 36.0 Å². The highest BCUT2D eigenvalue weighted by Crippen LogP contribution is 2.32. The molecule has 7 nitrogen and oxygen atoms in total. The number of ether oxygens (including phenoxy) is 1. The van der Waals surface area contributed by atoms with Crippen LogP contribution in [0.5, 0.6) is 5.75 Å². The van der Waals surface area contributed by atoms with E-state index in [9.17, 15) is 13.2 Å². The molecule has 0 spiro atoms. The van der Waals surface area contributed by atoms with Crippen LogP contribution in [0.4, 0.5) is 5.13 Å². The van der Waals surface area contributed by atoms with Crippen LogP contribution in [0.3, 0.4) is 0 Å². The van der Waals surface area contributed by atoms with Crippen molar-refractivity contribution in [3.05, 3.63) is 59.0 Å². The van der Waals surface area contributed by atoms with E-state index in [1.165, 1.54) is 15.6 Å². The second-order valence-electron chi connectivity index (χ2n) is 8.13. The first kappa shape index (κ1) is 23.4. The van der Waals surface area contributed by atoms with E-state index in [0.717, 1.165) is 27.4 Å². The number of amides is 1. The van der Waals surface area contributed by atoms with Gasteiger partial charge in [0.15, 0.2) is 5.13 Å². The first-order valence-corrected chi connectivity index (χ1v) is 13.0. The molecule has 33 heavy (non-hydrogen) atoms. The fourth-order valence-corrected chi connectivity index (χ4v) is 6.20. The van der Waals surface area contributed by atoms with E-state index in [2.05, 4.69) is 10.3 Å². The predicted molar refractivity (Wildman–Crippen MR) is 130 cm³/mol. The molecule has 3 aromatic rings. The van der Waals surface area contributed by atoms with E-state index in [-0.39, 0.29) is 11.8 Å². The normalized spacial score (nSPS) is 15.4. The molecule has 0 radical (unpaired) electrons. The lowest BCUT2D eigenvalue weighted by Crippen LogP contribution is -2.41. The zero-order chi connectivity index (χ0) is 23.6. The average molecular weight is 486 g/mol. The number of carbonyl (C=O) groups is 1. The Hall–Kier alpha value is -2.75. The molecule has 2 heterocycles. The Bertz CT molecular complexity index is 1230. The number of benzene rings is 2. The second kappa shape index (κ2) is 9.62. The molecule has 1 N–H and O–H groups in total. The fraction of sp³-hybridized carbons (Fsp3) is 0.333. The van der Waals surface area contributed by atoms with Crippen molar-refractivity contribution in [1.29, 1.82) is 0 Å². The number of sulfonamides is 1. The van der Waals surface area contributed by atoms with E-state index in [1.54, 1.807) is 31.4 Å². The van der Waals surface area contributed by atoms with Crippen molar-refractivity contribution in [2.75, 3.05) is 25.5 Å². The Morgan fingerprint density at radius 1 is 1.06 bits per heavy atom. The van der Waals surface area contributed by atoms with Gasteiger partial charge < -0.3 is 10.1 Å². The lowest BCUT2D eigenvalue weighted by atomic mass is 9.97. The zero-order valence-electron chi connectivity index (χ0n) is 18.9. The van der Waals surface area contributed by atoms with Crippen LogP contribution in [0, 0.1) is 19.8 Å². The molecule has 9 heteroatoms. The molecule has 0 bridgehead atoms. The minimum Gasteiger partial charge on any atom is -0.497 e. The minimum absolute atomic E-state index is 0.114. The highest BCUT2D eigenvalue weighted by Gasteiger charge is 2.32. The number of thiazole rings is 1. The van der Waals surface area contributed by atoms with Gasteiger partial charge in [0.05, 0.1) is 17.7 Å². The van der Waals surface area contributed by atoms with E-state index in [1.807, 2.05) is 38.1 Å². The van der Waals surface area contributed by atoms with Gasteiger partial charge in [0.2, 0.25) is 15.9 Å². The number of aromatic nitrogens is 1. The third-order valence-electron chi connectivity index (χ3n) is 5.87. The maximum absolute atomic E-state index is 12.9. The van der Waals surface area contributed by atoms with Gasteiger partial charge in [-0.2, -0.15) is 4.31 Å². The van der Waals surface area contributed by atoms with Gasteiger partial charge in [-0.3, -0.25) is 4.79 Å². The average Bonchev–Trinajstić information content (AvgIpc) is 3.19. The topological polar surface area (TPSA) is 88.6 Å². The van der Waals surface area contributed by atoms with Crippen molar-refractivity contribution in [1.82, 2.24) is 9.29 Å². The maximum atomic E-state index is 12.9. The molecule has 1 aliphatic rings. The molecule has 0 aliphatic carbocycles. The molecule has 174 valence electrons. The van der Waals surface area contributed by atoms with E-state index in [4.69, 9.17) is 4.74 Å². The number of aryl methyl sites for hydroxylation is 2. The van der Waals surface area contributed by atoms with Crippen molar-refractivity contribution in [3.63, 3.8) is 0 Å². The van der Waals surface area contributed by atoms with Gasteiger partial charge in [-0.25, -0.2) is 13.4 Å². The quantitative estimate of drug-likeness (QED) is 0.556. The van der Waals surface area contributed by atoms with E-state index >= 15 is 0 Å². The summed E-state index contributed by atoms with van der Waals surface area (Å²) in [7, 11) is -1.92. The maximum Gasteiger partial charge on any atom is 0.243 e. The molecule has 2 aromatic carbocycles. The van der Waals surface area contributed by atoms with Gasteiger partial charge in [-0.05, 0) is 63.1 Å². The van der Waals surface area contributed by atoms with Crippen molar-refractivity contribution in [2.45, 2.75) is 31.6 Å². The van der Waals surface area contributed by atoms with Crippen LogP contribution in [0.15, 0.2) is 53.4 Å². The van der Waals surface area contributed by atoms with Gasteiger partial charge in [0.1, 0.15) is 5.75 Å². The summed E-state index contributed by atoms with van der Waals surface area (Å²) in [6, 6.07) is 14.5. The number of anilines is 1. The third kappa shape index (κ3) is 5.10. The van der Waals surface area contributed by atoms with Gasteiger partial charge in [0, 0.05) is 29.4 Å². The number of hydrogen-bond donors (Lipinski definition) is 1. The van der Waals surface area contributed by atoms with Crippen LogP contribution in [-0.4, -0.2) is 43.8 Å². The molecule has 0 atom stereocenters. The Balaban J connectivity index is 1.38. The van der Waals surface area contributed by atoms with Gasteiger partial charge in [0.25, 0.3) is 0 Å². The third-order valence-corrected chi connectivity index (χ3v) is 8.67. The highest BCUT2D eigenvalue weighted by molar-refractivity contribution is 7.89. The summed E-state index contributed by atoms with van der Waals surface area (Å²) >= 11 is 1.43. The molecule has 0 saturated carbocycles. The summed E-state index contributed by atoms with van der Waals surface area (Å²) in [6.07, 6.45) is 0.958. The Morgan fingerprint density at radius 3 is 2.30 bits per heavy atom. The van der Waals surface area contributed by atoms with E-state index < -0.39 is 10.0 Å². The molecule has 1 saturated heterocycles. The SMILES string of the molecule is COc1ccc(-c2nc(NC(=O)C3CCN(S(=O)(=O)c4ccc(C)cc4)CC3)sc2C)cc1. The molecule has 4 rings (SSSR count). The predicted octanol–water partition coefficient (Wildman–Crippen LogP) is 4.47. The monoisotopic (exact) mass is 485 g/mol. The number of methoxy groups -OCH3 is 1. The lowest BCUT2D eigenvalue weighted by molar-refractivity contribution is -0.120. The first-order chi connectivity index (χ1) is 15.8. The molecular weight excluding hydrogens is 458 g/mol. The Kier molecular flexibility index (Phi) is 6.83. The summed E-state index contributed by atoms with van der Waals surface area (Å²) in [5, 5.41) is 3.49. The lowest BCUT2D eigenvalue weighted by Gasteiger charge is -2.30. The molecule has 1 aliphatic heterocycles. The Labute approximate surface area is 198 Å². The van der Waals surface area contributed by atoms with Crippen molar-refractivity contribution < 1.29 is 17.9 Å². The zero-order valence-corrected chi connectivity index (χ0v) is 20.5. The second-order valence-corrected chi connectivity index (χ2v) is 11.3. The summed E-state index contributed by atoms with van der Waals surface area (Å²) < 4.78 is 32.5. The molecule has 1 amide bonds. The fourth-order valence-electron chi connectivity index (χ4n) is 3.89. The Morgan fingerprint density at radius 2 is 1.70 bits per heavy atom. The van der Waals surface area contributed by atoms with Crippen LogP contribution in [0.1, 0.15) is 23.3 Å². The van der Waals surface area contributed by atoms with Gasteiger partial charge in [-0.15, -0.1) is 11.3 Å². The first-order valence-electron chi connectivity index (χ1n) is 10.8. The van der Waals surface area contributed by atoms with Crippen LogP contribution in [-0.2, 0) is 14.8 Å². The smallest absolute Gasteiger partial charge is 0.243 e. The van der Waals surface area contributed by atoms with Gasteiger partial charge in [-0.1, -0.05) is 17.7 Å². The largest absolute Gasteiger partial charge is 0.497 e. The summed E-state index contributed by atoms with van der Waals surface area (Å²) in [5.74, 6) is 0.413. The number of nitrogens with zero attached hydrogens (tertiary/aromatic N) is 2. The number of hydrogen-bond acceptors (Lipinski definition) is 6. The van der Waals surface area contributed by atoms with Crippen LogP contribution in [0.25, 0.3) is 11.3 Å². The molecule has 1 fully saturated rings.